The van der Waals surface area contributed by atoms with Crippen LogP contribution in [0.2, 0.25) is 5.02 Å². The highest BCUT2D eigenvalue weighted by Gasteiger charge is 2.11. The smallest absolute Gasteiger partial charge is 0.318 e. The lowest BCUT2D eigenvalue weighted by molar-refractivity contribution is 0.444. The van der Waals surface area contributed by atoms with Crippen LogP contribution in [-0.4, -0.2) is 14.7 Å². The fourth-order valence-electron chi connectivity index (χ4n) is 1.99. The van der Waals surface area contributed by atoms with Gasteiger partial charge in [-0.3, -0.25) is 9.36 Å². The number of benzene rings is 2. The highest BCUT2D eigenvalue weighted by atomic mass is 79.9. The molecule has 0 spiro atoms. The Labute approximate surface area is 127 Å². The Morgan fingerprint density at radius 2 is 1.85 bits per heavy atom. The fraction of sp³-hybridized carbons (Fsp3) is 0. The van der Waals surface area contributed by atoms with Crippen molar-refractivity contribution >= 4 is 38.6 Å². The van der Waals surface area contributed by atoms with E-state index in [1.807, 2.05) is 6.07 Å². The Bertz CT molecular complexity index is 859. The van der Waals surface area contributed by atoms with Crippen LogP contribution in [-0.2, 0) is 0 Å². The molecular weight excluding hydrogens is 344 g/mol. The van der Waals surface area contributed by atoms with E-state index in [2.05, 4.69) is 20.9 Å². The van der Waals surface area contributed by atoms with Crippen LogP contribution in [0.1, 0.15) is 0 Å². The molecule has 0 atom stereocenters. The number of aromatic nitrogens is 2. The fourth-order valence-corrected chi connectivity index (χ4v) is 2.47. The van der Waals surface area contributed by atoms with E-state index in [1.165, 1.54) is 4.57 Å². The van der Waals surface area contributed by atoms with Gasteiger partial charge < -0.3 is 5.11 Å². The van der Waals surface area contributed by atoms with Gasteiger partial charge in [0.25, 0.3) is 5.88 Å². The van der Waals surface area contributed by atoms with Crippen molar-refractivity contribution in [2.45, 2.75) is 0 Å². The van der Waals surface area contributed by atoms with Crippen molar-refractivity contribution in [1.82, 2.24) is 9.55 Å². The minimum absolute atomic E-state index is 0.520. The first-order chi connectivity index (χ1) is 9.56. The Kier molecular flexibility index (Phi) is 3.23. The van der Waals surface area contributed by atoms with E-state index < -0.39 is 11.4 Å². The second-order valence-corrected chi connectivity index (χ2v) is 5.54. The molecule has 3 aromatic rings. The predicted molar refractivity (Wildman–Crippen MR) is 81.7 cm³/mol. The molecule has 0 bridgehead atoms. The third-order valence-corrected chi connectivity index (χ3v) is 3.63. The zero-order valence-corrected chi connectivity index (χ0v) is 12.4. The zero-order chi connectivity index (χ0) is 14.3. The van der Waals surface area contributed by atoms with Gasteiger partial charge in [-0.05, 0) is 42.5 Å². The van der Waals surface area contributed by atoms with Crippen LogP contribution in [0.3, 0.4) is 0 Å². The highest BCUT2D eigenvalue weighted by molar-refractivity contribution is 9.10. The largest absolute Gasteiger partial charge is 0.489 e. The molecule has 3 rings (SSSR count). The van der Waals surface area contributed by atoms with Crippen LogP contribution in [0.5, 0.6) is 5.88 Å². The van der Waals surface area contributed by atoms with Gasteiger partial charge in [-0.2, -0.15) is 0 Å². The molecule has 1 heterocycles. The van der Waals surface area contributed by atoms with E-state index in [9.17, 15) is 9.90 Å². The summed E-state index contributed by atoms with van der Waals surface area (Å²) in [5, 5.41) is 10.3. The van der Waals surface area contributed by atoms with Crippen LogP contribution in [0.4, 0.5) is 0 Å². The molecule has 0 unspecified atom stereocenters. The Morgan fingerprint density at radius 3 is 2.55 bits per heavy atom. The third-order valence-electron chi connectivity index (χ3n) is 2.88. The molecular formula is C14H8BrClN2O2. The highest BCUT2D eigenvalue weighted by Crippen LogP contribution is 2.22. The van der Waals surface area contributed by atoms with Crippen LogP contribution >= 0.6 is 27.5 Å². The van der Waals surface area contributed by atoms with Crippen molar-refractivity contribution < 1.29 is 5.11 Å². The summed E-state index contributed by atoms with van der Waals surface area (Å²) >= 11 is 9.19. The number of aromatic hydroxyl groups is 1. The van der Waals surface area contributed by atoms with Crippen LogP contribution in [0, 0.1) is 0 Å². The molecule has 20 heavy (non-hydrogen) atoms. The second-order valence-electron chi connectivity index (χ2n) is 4.19. The van der Waals surface area contributed by atoms with Crippen molar-refractivity contribution in [1.29, 1.82) is 0 Å². The van der Waals surface area contributed by atoms with Gasteiger partial charge in [0.15, 0.2) is 0 Å². The molecule has 0 amide bonds. The quantitative estimate of drug-likeness (QED) is 0.730. The first-order valence-electron chi connectivity index (χ1n) is 5.73. The van der Waals surface area contributed by atoms with Crippen LogP contribution in [0.15, 0.2) is 51.7 Å². The Morgan fingerprint density at radius 1 is 1.15 bits per heavy atom. The summed E-state index contributed by atoms with van der Waals surface area (Å²) in [6.07, 6.45) is 0. The van der Waals surface area contributed by atoms with Crippen molar-refractivity contribution in [3.8, 4) is 11.6 Å². The molecule has 6 heteroatoms. The summed E-state index contributed by atoms with van der Waals surface area (Å²) < 4.78 is 2.22. The molecule has 0 fully saturated rings. The van der Waals surface area contributed by atoms with Crippen molar-refractivity contribution in [3.05, 3.63) is 62.3 Å². The molecule has 0 radical (unpaired) electrons. The first-order valence-corrected chi connectivity index (χ1v) is 6.90. The van der Waals surface area contributed by atoms with E-state index in [0.717, 1.165) is 4.47 Å². The molecule has 2 aromatic carbocycles. The summed E-state index contributed by atoms with van der Waals surface area (Å²) in [6.45, 7) is 0. The van der Waals surface area contributed by atoms with Crippen LogP contribution < -0.4 is 5.56 Å². The van der Waals surface area contributed by atoms with Gasteiger partial charge in [0.2, 0.25) is 0 Å². The number of nitrogens with zero attached hydrogens (tertiary/aromatic N) is 2. The SMILES string of the molecule is O=c1c(O)nc2cc(Br)ccc2n1-c1ccc(Cl)cc1. The first kappa shape index (κ1) is 13.1. The number of hydrogen-bond donors (Lipinski definition) is 1. The Hall–Kier alpha value is -1.85. The van der Waals surface area contributed by atoms with Gasteiger partial charge in [0.1, 0.15) is 0 Å². The summed E-state index contributed by atoms with van der Waals surface area (Å²) in [4.78, 5) is 16.1. The standard InChI is InChI=1S/C14H8BrClN2O2/c15-8-1-6-12-11(7-8)17-13(19)14(20)18(12)10-4-2-9(16)3-5-10/h1-7H,(H,17,19). The normalized spacial score (nSPS) is 10.9. The number of fused-ring (bicyclic) bond motifs is 1. The van der Waals surface area contributed by atoms with Crippen molar-refractivity contribution in [3.63, 3.8) is 0 Å². The van der Waals surface area contributed by atoms with Gasteiger partial charge in [-0.15, -0.1) is 0 Å². The van der Waals surface area contributed by atoms with Gasteiger partial charge in [-0.25, -0.2) is 4.98 Å². The number of hydrogen-bond acceptors (Lipinski definition) is 3. The molecule has 0 saturated heterocycles. The van der Waals surface area contributed by atoms with Gasteiger partial charge in [0.05, 0.1) is 11.0 Å². The minimum Gasteiger partial charge on any atom is -0.489 e. The summed E-state index contributed by atoms with van der Waals surface area (Å²) in [5.74, 6) is -0.537. The van der Waals surface area contributed by atoms with Gasteiger partial charge in [0, 0.05) is 15.2 Å². The van der Waals surface area contributed by atoms with Gasteiger partial charge in [-0.1, -0.05) is 27.5 Å². The summed E-state index contributed by atoms with van der Waals surface area (Å²) in [6, 6.07) is 12.1. The minimum atomic E-state index is -0.567. The number of halogens is 2. The maximum atomic E-state index is 12.2. The van der Waals surface area contributed by atoms with E-state index in [4.69, 9.17) is 11.6 Å². The molecule has 1 N–H and O–H groups in total. The molecule has 4 nitrogen and oxygen atoms in total. The van der Waals surface area contributed by atoms with E-state index >= 15 is 0 Å². The Balaban J connectivity index is 2.41. The van der Waals surface area contributed by atoms with Crippen molar-refractivity contribution in [2.24, 2.45) is 0 Å². The summed E-state index contributed by atoms with van der Waals surface area (Å²) in [5.41, 5.74) is 1.18. The van der Waals surface area contributed by atoms with Gasteiger partial charge >= 0.3 is 5.56 Å². The average Bonchev–Trinajstić information content (AvgIpc) is 2.42. The van der Waals surface area contributed by atoms with E-state index in [0.29, 0.717) is 21.7 Å². The monoisotopic (exact) mass is 350 g/mol. The topological polar surface area (TPSA) is 55.1 Å². The average molecular weight is 352 g/mol. The van der Waals surface area contributed by atoms with Crippen LogP contribution in [0.25, 0.3) is 16.7 Å². The predicted octanol–water partition coefficient (Wildman–Crippen LogP) is 3.51. The lowest BCUT2D eigenvalue weighted by Gasteiger charge is -2.10. The molecule has 1 aromatic heterocycles. The third kappa shape index (κ3) is 2.19. The second kappa shape index (κ2) is 4.92. The summed E-state index contributed by atoms with van der Waals surface area (Å²) in [7, 11) is 0. The van der Waals surface area contributed by atoms with E-state index in [1.54, 1.807) is 36.4 Å². The molecule has 0 aliphatic rings. The maximum absolute atomic E-state index is 12.2. The zero-order valence-electron chi connectivity index (χ0n) is 10.0. The molecule has 0 saturated carbocycles. The molecule has 0 aliphatic carbocycles. The maximum Gasteiger partial charge on any atom is 0.318 e. The van der Waals surface area contributed by atoms with Crippen molar-refractivity contribution in [2.75, 3.05) is 0 Å². The molecule has 0 aliphatic heterocycles. The molecule has 100 valence electrons. The lowest BCUT2D eigenvalue weighted by atomic mass is 10.2. The number of rotatable bonds is 1. The van der Waals surface area contributed by atoms with E-state index in [-0.39, 0.29) is 0 Å². The lowest BCUT2D eigenvalue weighted by Crippen LogP contribution is -2.19.